The molecule has 3 heterocycles. The number of amides is 1. The van der Waals surface area contributed by atoms with E-state index >= 15 is 0 Å². The molecule has 0 radical (unpaired) electrons. The number of piperidine rings is 1. The molecule has 108 valence electrons. The van der Waals surface area contributed by atoms with Gasteiger partial charge in [-0.25, -0.2) is 4.79 Å². The van der Waals surface area contributed by atoms with E-state index in [0.29, 0.717) is 12.5 Å². The smallest absolute Gasteiger partial charge is 0.336 e. The number of carbonyl (C=O) groups is 2. The molecule has 5 nitrogen and oxygen atoms in total. The van der Waals surface area contributed by atoms with Crippen molar-refractivity contribution in [1.82, 2.24) is 10.2 Å². The van der Waals surface area contributed by atoms with E-state index in [2.05, 4.69) is 5.32 Å². The van der Waals surface area contributed by atoms with Crippen LogP contribution in [0.15, 0.2) is 11.3 Å². The van der Waals surface area contributed by atoms with Crippen molar-refractivity contribution in [2.45, 2.75) is 32.1 Å². The SMILES string of the molecule is O=C1OCC(N2CCC3(CCNCC3)C2=O)=C1C1CC1. The minimum atomic E-state index is -0.193. The zero-order valence-electron chi connectivity index (χ0n) is 11.6. The molecule has 0 atom stereocenters. The fraction of sp³-hybridized carbons (Fsp3) is 0.733. The predicted molar refractivity (Wildman–Crippen MR) is 71.6 cm³/mol. The molecule has 1 spiro atoms. The van der Waals surface area contributed by atoms with Crippen LogP contribution in [-0.4, -0.2) is 43.0 Å². The van der Waals surface area contributed by atoms with E-state index in [4.69, 9.17) is 4.74 Å². The summed E-state index contributed by atoms with van der Waals surface area (Å²) in [5.41, 5.74) is 1.49. The first-order valence-electron chi connectivity index (χ1n) is 7.64. The Balaban J connectivity index is 1.63. The van der Waals surface area contributed by atoms with Gasteiger partial charge in [0.05, 0.1) is 16.7 Å². The lowest BCUT2D eigenvalue weighted by molar-refractivity contribution is -0.138. The molecule has 1 aliphatic carbocycles. The lowest BCUT2D eigenvalue weighted by Gasteiger charge is -2.32. The van der Waals surface area contributed by atoms with Crippen LogP contribution in [0.2, 0.25) is 0 Å². The van der Waals surface area contributed by atoms with E-state index in [1.807, 2.05) is 4.90 Å². The van der Waals surface area contributed by atoms with Crippen molar-refractivity contribution in [3.8, 4) is 0 Å². The van der Waals surface area contributed by atoms with Crippen molar-refractivity contribution < 1.29 is 14.3 Å². The normalized spacial score (nSPS) is 29.5. The molecule has 0 aromatic carbocycles. The van der Waals surface area contributed by atoms with E-state index in [1.54, 1.807) is 0 Å². The summed E-state index contributed by atoms with van der Waals surface area (Å²) in [6.07, 6.45) is 4.88. The van der Waals surface area contributed by atoms with Gasteiger partial charge in [-0.15, -0.1) is 0 Å². The van der Waals surface area contributed by atoms with Crippen LogP contribution in [-0.2, 0) is 14.3 Å². The van der Waals surface area contributed by atoms with Crippen LogP contribution < -0.4 is 5.32 Å². The standard InChI is InChI=1S/C15H20N2O3/c18-13-12(10-1-2-10)11(9-20-13)17-8-5-15(14(17)19)3-6-16-7-4-15/h10,16H,1-9H2. The van der Waals surface area contributed by atoms with Gasteiger partial charge in [-0.05, 0) is 51.1 Å². The summed E-state index contributed by atoms with van der Waals surface area (Å²) in [5, 5.41) is 3.32. The molecule has 0 aromatic rings. The second-order valence-corrected chi connectivity index (χ2v) is 6.45. The highest BCUT2D eigenvalue weighted by atomic mass is 16.5. The van der Waals surface area contributed by atoms with Gasteiger partial charge in [0.15, 0.2) is 0 Å². The first-order chi connectivity index (χ1) is 9.71. The number of cyclic esters (lactones) is 1. The zero-order valence-corrected chi connectivity index (χ0v) is 11.6. The largest absolute Gasteiger partial charge is 0.456 e. The summed E-state index contributed by atoms with van der Waals surface area (Å²) in [6.45, 7) is 2.89. The van der Waals surface area contributed by atoms with Gasteiger partial charge in [0.1, 0.15) is 6.61 Å². The highest BCUT2D eigenvalue weighted by molar-refractivity contribution is 5.95. The second-order valence-electron chi connectivity index (χ2n) is 6.45. The number of likely N-dealkylation sites (tertiary alicyclic amines) is 1. The molecule has 4 aliphatic rings. The topological polar surface area (TPSA) is 58.6 Å². The number of nitrogens with one attached hydrogen (secondary N) is 1. The van der Waals surface area contributed by atoms with Gasteiger partial charge in [0, 0.05) is 6.54 Å². The van der Waals surface area contributed by atoms with Gasteiger partial charge in [-0.3, -0.25) is 4.79 Å². The Morgan fingerprint density at radius 3 is 2.60 bits per heavy atom. The van der Waals surface area contributed by atoms with E-state index in [1.165, 1.54) is 0 Å². The van der Waals surface area contributed by atoms with Crippen molar-refractivity contribution in [2.75, 3.05) is 26.2 Å². The Hall–Kier alpha value is -1.36. The minimum Gasteiger partial charge on any atom is -0.456 e. The average Bonchev–Trinajstić information content (AvgIpc) is 3.17. The van der Waals surface area contributed by atoms with Crippen LogP contribution in [0.25, 0.3) is 0 Å². The molecule has 1 saturated carbocycles. The summed E-state index contributed by atoms with van der Waals surface area (Å²) in [6, 6.07) is 0. The third kappa shape index (κ3) is 1.72. The molecule has 0 unspecified atom stereocenters. The van der Waals surface area contributed by atoms with Crippen molar-refractivity contribution in [3.05, 3.63) is 11.3 Å². The van der Waals surface area contributed by atoms with Crippen molar-refractivity contribution >= 4 is 11.9 Å². The molecule has 3 aliphatic heterocycles. The molecule has 1 amide bonds. The molecule has 3 fully saturated rings. The average molecular weight is 276 g/mol. The number of hydrogen-bond donors (Lipinski definition) is 1. The molecule has 5 heteroatoms. The Morgan fingerprint density at radius 2 is 1.90 bits per heavy atom. The van der Waals surface area contributed by atoms with Crippen LogP contribution in [0, 0.1) is 11.3 Å². The number of nitrogens with zero attached hydrogens (tertiary/aromatic N) is 1. The monoisotopic (exact) mass is 276 g/mol. The molecule has 0 bridgehead atoms. The van der Waals surface area contributed by atoms with E-state index in [-0.39, 0.29) is 17.3 Å². The van der Waals surface area contributed by atoms with Crippen LogP contribution >= 0.6 is 0 Å². The maximum atomic E-state index is 12.9. The summed E-state index contributed by atoms with van der Waals surface area (Å²) >= 11 is 0. The molecule has 0 aromatic heterocycles. The van der Waals surface area contributed by atoms with Gasteiger partial charge in [0.2, 0.25) is 5.91 Å². The quantitative estimate of drug-likeness (QED) is 0.758. The third-order valence-corrected chi connectivity index (χ3v) is 5.26. The molecule has 1 N–H and O–H groups in total. The Kier molecular flexibility index (Phi) is 2.67. The van der Waals surface area contributed by atoms with Crippen molar-refractivity contribution in [1.29, 1.82) is 0 Å². The Labute approximate surface area is 118 Å². The number of ether oxygens (including phenoxy) is 1. The fourth-order valence-corrected chi connectivity index (χ4v) is 3.85. The highest BCUT2D eigenvalue weighted by Crippen LogP contribution is 2.46. The molecule has 20 heavy (non-hydrogen) atoms. The molecule has 4 rings (SSSR count). The molecule has 2 saturated heterocycles. The van der Waals surface area contributed by atoms with E-state index < -0.39 is 0 Å². The van der Waals surface area contributed by atoms with Gasteiger partial charge in [-0.2, -0.15) is 0 Å². The van der Waals surface area contributed by atoms with Crippen LogP contribution in [0.5, 0.6) is 0 Å². The van der Waals surface area contributed by atoms with Crippen LogP contribution in [0.4, 0.5) is 0 Å². The van der Waals surface area contributed by atoms with Crippen molar-refractivity contribution in [2.24, 2.45) is 11.3 Å². The van der Waals surface area contributed by atoms with E-state index in [0.717, 1.165) is 63.0 Å². The lowest BCUT2D eigenvalue weighted by Crippen LogP contribution is -2.42. The summed E-state index contributed by atoms with van der Waals surface area (Å²) in [7, 11) is 0. The summed E-state index contributed by atoms with van der Waals surface area (Å²) in [5.74, 6) is 0.379. The lowest BCUT2D eigenvalue weighted by atomic mass is 9.77. The fourth-order valence-electron chi connectivity index (χ4n) is 3.85. The van der Waals surface area contributed by atoms with Crippen molar-refractivity contribution in [3.63, 3.8) is 0 Å². The maximum absolute atomic E-state index is 12.9. The van der Waals surface area contributed by atoms with Crippen LogP contribution in [0.3, 0.4) is 0 Å². The van der Waals surface area contributed by atoms with Gasteiger partial charge in [-0.1, -0.05) is 0 Å². The second kappa shape index (κ2) is 4.32. The number of hydrogen-bond acceptors (Lipinski definition) is 4. The number of rotatable bonds is 2. The molecular weight excluding hydrogens is 256 g/mol. The Morgan fingerprint density at radius 1 is 1.15 bits per heavy atom. The highest BCUT2D eigenvalue weighted by Gasteiger charge is 2.50. The zero-order chi connectivity index (χ0) is 13.7. The third-order valence-electron chi connectivity index (χ3n) is 5.26. The predicted octanol–water partition coefficient (Wildman–Crippen LogP) is 0.809. The number of carbonyl (C=O) groups excluding carboxylic acids is 2. The number of esters is 1. The van der Waals surface area contributed by atoms with E-state index in [9.17, 15) is 9.59 Å². The summed E-state index contributed by atoms with van der Waals surface area (Å²) < 4.78 is 5.20. The first kappa shape index (κ1) is 12.4. The summed E-state index contributed by atoms with van der Waals surface area (Å²) in [4.78, 5) is 26.6. The van der Waals surface area contributed by atoms with Gasteiger partial charge < -0.3 is 15.0 Å². The molecular formula is C15H20N2O3. The Bertz CT molecular complexity index is 501. The first-order valence-corrected chi connectivity index (χ1v) is 7.64. The minimum absolute atomic E-state index is 0.182. The van der Waals surface area contributed by atoms with Gasteiger partial charge in [0.25, 0.3) is 0 Å². The maximum Gasteiger partial charge on any atom is 0.336 e. The van der Waals surface area contributed by atoms with Gasteiger partial charge >= 0.3 is 5.97 Å². The van der Waals surface area contributed by atoms with Crippen LogP contribution in [0.1, 0.15) is 32.1 Å².